The Labute approximate surface area is 97.5 Å². The van der Waals surface area contributed by atoms with Crippen LogP contribution in [0.2, 0.25) is 0 Å². The van der Waals surface area contributed by atoms with E-state index in [4.69, 9.17) is 0 Å². The molecule has 5 heteroatoms. The van der Waals surface area contributed by atoms with Crippen molar-refractivity contribution in [1.29, 1.82) is 0 Å². The zero-order valence-corrected chi connectivity index (χ0v) is 10.6. The molecule has 0 saturated heterocycles. The molecule has 1 heterocycles. The zero-order valence-electron chi connectivity index (χ0n) is 10.6. The first-order valence-corrected chi connectivity index (χ1v) is 5.95. The molecule has 0 spiro atoms. The minimum atomic E-state index is 0.766. The molecule has 0 aliphatic carbocycles. The molecule has 1 aromatic heterocycles. The van der Waals surface area contributed by atoms with E-state index in [0.717, 1.165) is 38.1 Å². The highest BCUT2D eigenvalue weighted by Crippen LogP contribution is 2.11. The SMILES string of the molecule is CCN(CC)c1ncnc(N(CC)CC)n1. The Balaban J connectivity index is 2.93. The van der Waals surface area contributed by atoms with Gasteiger partial charge in [0.15, 0.2) is 0 Å². The molecule has 0 radical (unpaired) electrons. The molecule has 0 unspecified atom stereocenters. The molecule has 0 aromatic carbocycles. The summed E-state index contributed by atoms with van der Waals surface area (Å²) in [6.45, 7) is 12.1. The number of hydrogen-bond donors (Lipinski definition) is 0. The Bertz CT molecular complexity index is 280. The van der Waals surface area contributed by atoms with Gasteiger partial charge in [0.2, 0.25) is 11.9 Å². The van der Waals surface area contributed by atoms with Crippen molar-refractivity contribution in [2.24, 2.45) is 0 Å². The molecule has 0 N–H and O–H groups in total. The lowest BCUT2D eigenvalue weighted by molar-refractivity contribution is 0.776. The van der Waals surface area contributed by atoms with Crippen LogP contribution in [0.15, 0.2) is 6.33 Å². The van der Waals surface area contributed by atoms with Gasteiger partial charge in [-0.05, 0) is 27.7 Å². The molecule has 90 valence electrons. The van der Waals surface area contributed by atoms with Gasteiger partial charge in [-0.25, -0.2) is 9.97 Å². The van der Waals surface area contributed by atoms with Crippen LogP contribution in [0.3, 0.4) is 0 Å². The second kappa shape index (κ2) is 6.25. The molecular weight excluding hydrogens is 202 g/mol. The van der Waals surface area contributed by atoms with Gasteiger partial charge < -0.3 is 9.80 Å². The minimum absolute atomic E-state index is 0.766. The highest BCUT2D eigenvalue weighted by atomic mass is 15.3. The predicted octanol–water partition coefficient (Wildman–Crippen LogP) is 1.56. The maximum Gasteiger partial charge on any atom is 0.230 e. The fourth-order valence-electron chi connectivity index (χ4n) is 1.60. The molecule has 0 saturated carbocycles. The zero-order chi connectivity index (χ0) is 12.0. The van der Waals surface area contributed by atoms with Crippen LogP contribution in [-0.4, -0.2) is 41.1 Å². The highest BCUT2D eigenvalue weighted by molar-refractivity contribution is 5.37. The Morgan fingerprint density at radius 2 is 1.19 bits per heavy atom. The summed E-state index contributed by atoms with van der Waals surface area (Å²) in [5, 5.41) is 0. The van der Waals surface area contributed by atoms with Crippen molar-refractivity contribution >= 4 is 11.9 Å². The largest absolute Gasteiger partial charge is 0.341 e. The van der Waals surface area contributed by atoms with Crippen molar-refractivity contribution in [3.63, 3.8) is 0 Å². The van der Waals surface area contributed by atoms with Crippen LogP contribution in [0.1, 0.15) is 27.7 Å². The number of anilines is 2. The summed E-state index contributed by atoms with van der Waals surface area (Å²) < 4.78 is 0. The third-order valence-electron chi connectivity index (χ3n) is 2.64. The van der Waals surface area contributed by atoms with Gasteiger partial charge in [-0.15, -0.1) is 0 Å². The van der Waals surface area contributed by atoms with Crippen molar-refractivity contribution in [3.05, 3.63) is 6.33 Å². The van der Waals surface area contributed by atoms with Crippen molar-refractivity contribution in [1.82, 2.24) is 15.0 Å². The summed E-state index contributed by atoms with van der Waals surface area (Å²) in [4.78, 5) is 17.1. The van der Waals surface area contributed by atoms with E-state index < -0.39 is 0 Å². The second-order valence-electron chi connectivity index (χ2n) is 3.43. The molecule has 5 nitrogen and oxygen atoms in total. The molecule has 0 atom stereocenters. The first kappa shape index (κ1) is 12.7. The van der Waals surface area contributed by atoms with E-state index in [0.29, 0.717) is 0 Å². The van der Waals surface area contributed by atoms with E-state index in [2.05, 4.69) is 52.4 Å². The molecular formula is C11H21N5. The molecule has 0 fully saturated rings. The molecule has 0 aliphatic rings. The summed E-state index contributed by atoms with van der Waals surface area (Å²) in [7, 11) is 0. The summed E-state index contributed by atoms with van der Waals surface area (Å²) in [5.41, 5.74) is 0. The smallest absolute Gasteiger partial charge is 0.230 e. The standard InChI is InChI=1S/C11H21N5/c1-5-15(6-2)10-12-9-13-11(14-10)16(7-3)8-4/h9H,5-8H2,1-4H3. The van der Waals surface area contributed by atoms with Crippen LogP contribution in [-0.2, 0) is 0 Å². The van der Waals surface area contributed by atoms with Gasteiger partial charge in [-0.2, -0.15) is 4.98 Å². The topological polar surface area (TPSA) is 45.2 Å². The van der Waals surface area contributed by atoms with Gasteiger partial charge in [0.05, 0.1) is 0 Å². The van der Waals surface area contributed by atoms with Gasteiger partial charge in [-0.1, -0.05) is 0 Å². The quantitative estimate of drug-likeness (QED) is 0.732. The Kier molecular flexibility index (Phi) is 4.95. The summed E-state index contributed by atoms with van der Waals surface area (Å²) in [6.07, 6.45) is 1.59. The van der Waals surface area contributed by atoms with E-state index in [9.17, 15) is 0 Å². The van der Waals surface area contributed by atoms with E-state index in [1.807, 2.05) is 0 Å². The average Bonchev–Trinajstić information content (AvgIpc) is 2.33. The lowest BCUT2D eigenvalue weighted by atomic mass is 10.5. The summed E-state index contributed by atoms with van der Waals surface area (Å²) in [6, 6.07) is 0. The maximum atomic E-state index is 4.49. The third kappa shape index (κ3) is 2.81. The van der Waals surface area contributed by atoms with Crippen LogP contribution in [0, 0.1) is 0 Å². The normalized spacial score (nSPS) is 10.2. The molecule has 1 aromatic rings. The summed E-state index contributed by atoms with van der Waals surface area (Å²) in [5.74, 6) is 1.53. The van der Waals surface area contributed by atoms with Crippen LogP contribution < -0.4 is 9.80 Å². The number of nitrogens with zero attached hydrogens (tertiary/aromatic N) is 5. The maximum absolute atomic E-state index is 4.49. The Morgan fingerprint density at radius 3 is 1.50 bits per heavy atom. The van der Waals surface area contributed by atoms with Crippen molar-refractivity contribution in [2.45, 2.75) is 27.7 Å². The highest BCUT2D eigenvalue weighted by Gasteiger charge is 2.10. The average molecular weight is 223 g/mol. The van der Waals surface area contributed by atoms with Crippen LogP contribution in [0.4, 0.5) is 11.9 Å². The molecule has 0 bridgehead atoms. The predicted molar refractivity (Wildman–Crippen MR) is 66.9 cm³/mol. The lowest BCUT2D eigenvalue weighted by Crippen LogP contribution is -2.28. The van der Waals surface area contributed by atoms with E-state index in [-0.39, 0.29) is 0 Å². The van der Waals surface area contributed by atoms with Gasteiger partial charge in [-0.3, -0.25) is 0 Å². The van der Waals surface area contributed by atoms with E-state index >= 15 is 0 Å². The summed E-state index contributed by atoms with van der Waals surface area (Å²) >= 11 is 0. The van der Waals surface area contributed by atoms with Gasteiger partial charge in [0.25, 0.3) is 0 Å². The molecule has 1 rings (SSSR count). The Hall–Kier alpha value is -1.39. The number of rotatable bonds is 6. The lowest BCUT2D eigenvalue weighted by Gasteiger charge is -2.22. The molecule has 16 heavy (non-hydrogen) atoms. The first-order chi connectivity index (χ1) is 7.76. The van der Waals surface area contributed by atoms with E-state index in [1.54, 1.807) is 6.33 Å². The van der Waals surface area contributed by atoms with Crippen molar-refractivity contribution in [2.75, 3.05) is 36.0 Å². The monoisotopic (exact) mass is 223 g/mol. The second-order valence-corrected chi connectivity index (χ2v) is 3.43. The van der Waals surface area contributed by atoms with E-state index in [1.165, 1.54) is 0 Å². The molecule has 0 aliphatic heterocycles. The fourth-order valence-corrected chi connectivity index (χ4v) is 1.60. The fraction of sp³-hybridized carbons (Fsp3) is 0.727. The van der Waals surface area contributed by atoms with Crippen LogP contribution in [0.5, 0.6) is 0 Å². The van der Waals surface area contributed by atoms with Crippen molar-refractivity contribution < 1.29 is 0 Å². The van der Waals surface area contributed by atoms with Gasteiger partial charge in [0, 0.05) is 26.2 Å². The van der Waals surface area contributed by atoms with Crippen molar-refractivity contribution in [3.8, 4) is 0 Å². The Morgan fingerprint density at radius 1 is 0.812 bits per heavy atom. The minimum Gasteiger partial charge on any atom is -0.341 e. The molecule has 0 amide bonds. The van der Waals surface area contributed by atoms with Gasteiger partial charge >= 0.3 is 0 Å². The third-order valence-corrected chi connectivity index (χ3v) is 2.64. The number of hydrogen-bond acceptors (Lipinski definition) is 5. The van der Waals surface area contributed by atoms with Crippen LogP contribution >= 0.6 is 0 Å². The first-order valence-electron chi connectivity index (χ1n) is 5.95. The van der Waals surface area contributed by atoms with Gasteiger partial charge in [0.1, 0.15) is 6.33 Å². The number of aromatic nitrogens is 3. The van der Waals surface area contributed by atoms with Crippen LogP contribution in [0.25, 0.3) is 0 Å².